The van der Waals surface area contributed by atoms with Crippen LogP contribution in [0.4, 0.5) is 0 Å². The summed E-state index contributed by atoms with van der Waals surface area (Å²) < 4.78 is 54.3. The molecule has 0 aromatic carbocycles. The van der Waals surface area contributed by atoms with Crippen molar-refractivity contribution in [2.45, 2.75) is 244 Å². The normalized spacial score (nSPS) is 48.5. The van der Waals surface area contributed by atoms with Gasteiger partial charge < -0.3 is 98.8 Å². The predicted octanol–water partition coefficient (Wildman–Crippen LogP) is 0.111. The number of rotatable bonds is 14. The number of ether oxygens (including phenoxy) is 9. The number of carboxylic acid groups (broad SMARTS) is 1. The summed E-state index contributed by atoms with van der Waals surface area (Å²) in [6, 6.07) is 0. The largest absolute Gasteiger partial charge is 0.479 e. The molecular weight excluding hydrogens is 1060 g/mol. The third-order valence-corrected chi connectivity index (χ3v) is 21.2. The maximum atomic E-state index is 14.0. The number of carbonyl (C=O) groups excluding carboxylic acids is 3. The fraction of sp³-hybridized carbons (Fsp3) is 0.893. The average molecular weight is 1150 g/mol. The summed E-state index contributed by atoms with van der Waals surface area (Å²) in [6.07, 6.45) is -24.5. The summed E-state index contributed by atoms with van der Waals surface area (Å²) in [5.41, 5.74) is -5.40. The Balaban J connectivity index is 1.11. The summed E-state index contributed by atoms with van der Waals surface area (Å²) in [5.74, 6) is -4.53. The molecule has 0 radical (unpaired) electrons. The van der Waals surface area contributed by atoms with E-state index < -0.39 is 198 Å². The number of hydrogen-bond acceptors (Lipinski definition) is 23. The molecule has 80 heavy (non-hydrogen) atoms. The van der Waals surface area contributed by atoms with Crippen molar-refractivity contribution in [3.63, 3.8) is 0 Å². The molecule has 3 heterocycles. The third kappa shape index (κ3) is 10.2. The number of allylic oxidation sites excluding steroid dienone is 2. The number of carbonyl (C=O) groups is 4. The van der Waals surface area contributed by atoms with Crippen LogP contribution in [0.3, 0.4) is 0 Å². The van der Waals surface area contributed by atoms with Gasteiger partial charge in [0.15, 0.2) is 25.0 Å². The first-order valence-electron chi connectivity index (χ1n) is 28.2. The Morgan fingerprint density at radius 3 is 1.96 bits per heavy atom. The molecule has 11 N–H and O–H groups in total. The summed E-state index contributed by atoms with van der Waals surface area (Å²) in [7, 11) is 0. The lowest BCUT2D eigenvalue weighted by molar-refractivity contribution is -0.392. The average Bonchev–Trinajstić information content (AvgIpc) is 3.51. The van der Waals surface area contributed by atoms with Gasteiger partial charge in [-0.2, -0.15) is 0 Å². The molecule has 456 valence electrons. The van der Waals surface area contributed by atoms with Gasteiger partial charge in [0.1, 0.15) is 73.2 Å². The second-order valence-corrected chi connectivity index (χ2v) is 26.5. The minimum atomic E-state index is -2.12. The van der Waals surface area contributed by atoms with Gasteiger partial charge in [-0.1, -0.05) is 67.0 Å². The lowest BCUT2D eigenvalue weighted by Crippen LogP contribution is -2.72. The van der Waals surface area contributed by atoms with Crippen LogP contribution in [0, 0.1) is 50.2 Å². The van der Waals surface area contributed by atoms with E-state index >= 15 is 0 Å². The molecule has 0 spiro atoms. The van der Waals surface area contributed by atoms with E-state index in [4.69, 9.17) is 42.6 Å². The molecule has 0 aromatic heterocycles. The highest BCUT2D eigenvalue weighted by molar-refractivity contribution is 5.82. The molecule has 0 amide bonds. The highest BCUT2D eigenvalue weighted by Crippen LogP contribution is 2.76. The van der Waals surface area contributed by atoms with E-state index in [1.807, 2.05) is 27.7 Å². The van der Waals surface area contributed by atoms with Crippen LogP contribution in [0.2, 0.25) is 0 Å². The van der Waals surface area contributed by atoms with Gasteiger partial charge in [0.2, 0.25) is 5.60 Å². The smallest absolute Gasteiger partial charge is 0.350 e. The van der Waals surface area contributed by atoms with Crippen molar-refractivity contribution < 1.29 is 118 Å². The van der Waals surface area contributed by atoms with Crippen LogP contribution in [0.15, 0.2) is 11.6 Å². The van der Waals surface area contributed by atoms with Crippen LogP contribution in [-0.4, -0.2) is 216 Å². The minimum Gasteiger partial charge on any atom is -0.479 e. The van der Waals surface area contributed by atoms with Crippen molar-refractivity contribution in [3.8, 4) is 0 Å². The van der Waals surface area contributed by atoms with Crippen molar-refractivity contribution in [1.29, 1.82) is 0 Å². The molecular formula is C56H88O24. The van der Waals surface area contributed by atoms with Crippen LogP contribution in [0.1, 0.15) is 128 Å². The monoisotopic (exact) mass is 1140 g/mol. The molecule has 8 rings (SSSR count). The first-order valence-corrected chi connectivity index (χ1v) is 28.2. The van der Waals surface area contributed by atoms with Crippen LogP contribution >= 0.6 is 0 Å². The molecule has 5 aliphatic carbocycles. The van der Waals surface area contributed by atoms with Crippen LogP contribution in [0.5, 0.6) is 0 Å². The highest BCUT2D eigenvalue weighted by Gasteiger charge is 2.74. The van der Waals surface area contributed by atoms with Crippen LogP contribution < -0.4 is 0 Å². The highest BCUT2D eigenvalue weighted by atomic mass is 16.8. The van der Waals surface area contributed by atoms with Gasteiger partial charge in [-0.25, -0.2) is 9.59 Å². The number of hydrogen-bond donors (Lipinski definition) is 11. The Bertz CT molecular complexity index is 2330. The van der Waals surface area contributed by atoms with E-state index in [1.54, 1.807) is 6.92 Å². The van der Waals surface area contributed by atoms with Crippen molar-refractivity contribution in [2.75, 3.05) is 19.8 Å². The third-order valence-electron chi connectivity index (χ3n) is 21.2. The second kappa shape index (κ2) is 22.4. The summed E-state index contributed by atoms with van der Waals surface area (Å²) in [4.78, 5) is 52.2. The van der Waals surface area contributed by atoms with Gasteiger partial charge in [-0.15, -0.1) is 0 Å². The quantitative estimate of drug-likeness (QED) is 0.0476. The number of fused-ring (bicyclic) bond motifs is 7. The van der Waals surface area contributed by atoms with Crippen LogP contribution in [0.25, 0.3) is 0 Å². The predicted molar refractivity (Wildman–Crippen MR) is 273 cm³/mol. The zero-order chi connectivity index (χ0) is 59.4. The Morgan fingerprint density at radius 1 is 0.713 bits per heavy atom. The lowest BCUT2D eigenvalue weighted by Gasteiger charge is -2.72. The van der Waals surface area contributed by atoms with E-state index in [2.05, 4.69) is 26.8 Å². The first kappa shape index (κ1) is 63.0. The number of esters is 3. The molecule has 24 heteroatoms. The maximum absolute atomic E-state index is 14.0. The van der Waals surface area contributed by atoms with Gasteiger partial charge in [0.25, 0.3) is 0 Å². The topological polar surface area (TPSA) is 374 Å². The zero-order valence-electron chi connectivity index (χ0n) is 47.7. The fourth-order valence-corrected chi connectivity index (χ4v) is 16.4. The van der Waals surface area contributed by atoms with Crippen molar-refractivity contribution in [2.24, 2.45) is 50.2 Å². The van der Waals surface area contributed by atoms with Gasteiger partial charge in [-0.05, 0) is 97.7 Å². The Kier molecular flexibility index (Phi) is 17.7. The van der Waals surface area contributed by atoms with E-state index in [9.17, 15) is 75.3 Å². The Labute approximate surface area is 465 Å². The Hall–Kier alpha value is -3.02. The summed E-state index contributed by atoms with van der Waals surface area (Å²) in [6.45, 7) is 18.1. The molecule has 24 nitrogen and oxygen atoms in total. The standard InChI is InChI=1S/C56H88O24/c1-12-55(11,80-25(3)60)49(71)79-43-44(73-24(2)59)56(23-58)27(19-50(43,4)5)26-13-14-31-52(8)17-16-33(51(6,7)30(52)15-18-53(31,9)54(26,10)20-32(56)62)75-48-42(78-47-38(67)36(65)35(64)29(21-57)74-47)40(39(68)41(77-48)45(69)70)76-46-37(66)34(63)28(61)22-72-46/h13,27-44,46-48,57-58,61-68H,12,14-23H2,1-11H3,(H,69,70)/t27-,28-,29+,30-,31+,32+,33-,34-,35+,36-,37+,38+,39-,40-,41-,42+,43-,44-,46-,47-,48+,52-,53+,54+,55?,56-/m0/s1. The van der Waals surface area contributed by atoms with Crippen LogP contribution in [-0.2, 0) is 61.8 Å². The van der Waals surface area contributed by atoms with Gasteiger partial charge in [0, 0.05) is 19.3 Å². The zero-order valence-corrected chi connectivity index (χ0v) is 47.7. The molecule has 1 unspecified atom stereocenters. The molecule has 3 saturated heterocycles. The number of carboxylic acids is 1. The van der Waals surface area contributed by atoms with Gasteiger partial charge in [-0.3, -0.25) is 9.59 Å². The minimum absolute atomic E-state index is 0.00701. The Morgan fingerprint density at radius 2 is 1.36 bits per heavy atom. The number of aliphatic hydroxyl groups excluding tert-OH is 10. The number of aliphatic hydroxyl groups is 10. The molecule has 4 saturated carbocycles. The van der Waals surface area contributed by atoms with Crippen molar-refractivity contribution >= 4 is 23.9 Å². The molecule has 3 aliphatic heterocycles. The maximum Gasteiger partial charge on any atom is 0.350 e. The van der Waals surface area contributed by atoms with E-state index in [1.165, 1.54) is 20.8 Å². The van der Waals surface area contributed by atoms with Gasteiger partial charge >= 0.3 is 23.9 Å². The van der Waals surface area contributed by atoms with E-state index in [0.717, 1.165) is 5.57 Å². The number of aliphatic carboxylic acids is 1. The first-order chi connectivity index (χ1) is 37.1. The molecule has 26 atom stereocenters. The van der Waals surface area contributed by atoms with E-state index in [0.29, 0.717) is 38.5 Å². The molecule has 8 aliphatic rings. The second-order valence-electron chi connectivity index (χ2n) is 26.5. The SMILES string of the molecule is CCC(C)(OC(C)=O)C(=O)O[C@H]1[C@H](OC(C)=O)[C@]2(CO)[C@H](O)C[C@]3(C)C(=CC[C@@H]4[C@@]5(C)CC[C@H](O[C@@H]6O[C@H](C(=O)O)[C@@H](O)[C@H](O[C@@H]7OC[C@H](O)[C@H](O)[C@H]7O)[C@H]6O[C@@H]6O[C@H](CO)[C@@H](O)[C@H](O)[C@H]6O)C(C)(C)[C@@H]5CC[C@]43C)[C@@H]2CC1(C)C. The fourth-order valence-electron chi connectivity index (χ4n) is 16.4. The molecule has 0 aromatic rings. The lowest BCUT2D eigenvalue weighted by atomic mass is 9.33. The van der Waals surface area contributed by atoms with Crippen molar-refractivity contribution in [3.05, 3.63) is 11.6 Å². The summed E-state index contributed by atoms with van der Waals surface area (Å²) >= 11 is 0. The van der Waals surface area contributed by atoms with E-state index in [-0.39, 0.29) is 24.7 Å². The summed E-state index contributed by atoms with van der Waals surface area (Å²) in [5, 5.41) is 121. The molecule has 7 fully saturated rings. The van der Waals surface area contributed by atoms with Crippen molar-refractivity contribution in [1.82, 2.24) is 0 Å². The molecule has 0 bridgehead atoms. The van der Waals surface area contributed by atoms with Gasteiger partial charge in [0.05, 0.1) is 37.4 Å².